The Labute approximate surface area is 593 Å². The van der Waals surface area contributed by atoms with Crippen molar-refractivity contribution in [3.8, 4) is 45.6 Å². The van der Waals surface area contributed by atoms with Crippen molar-refractivity contribution in [2.75, 3.05) is 13.2 Å². The van der Waals surface area contributed by atoms with E-state index in [0.29, 0.717) is 25.0 Å². The van der Waals surface area contributed by atoms with E-state index < -0.39 is 0 Å². The highest BCUT2D eigenvalue weighted by molar-refractivity contribution is 6.17. The third-order valence-electron chi connectivity index (χ3n) is 22.4. The van der Waals surface area contributed by atoms with Crippen LogP contribution in [-0.2, 0) is 0 Å². The van der Waals surface area contributed by atoms with Crippen LogP contribution in [0.4, 0.5) is 0 Å². The highest BCUT2D eigenvalue weighted by atomic mass is 16.5. The van der Waals surface area contributed by atoms with Crippen LogP contribution in [0.25, 0.3) is 165 Å². The van der Waals surface area contributed by atoms with Crippen LogP contribution in [0.15, 0.2) is 279 Å². The molecule has 0 N–H and O–H groups in total. The van der Waals surface area contributed by atoms with Crippen LogP contribution < -0.4 is 9.47 Å². The molecule has 0 saturated carbocycles. The lowest BCUT2D eigenvalue weighted by molar-refractivity contribution is 0.227. The Morgan fingerprint density at radius 2 is 0.451 bits per heavy atom. The number of nitrogens with zero attached hydrogens (tertiary/aromatic N) is 6. The Hall–Kier alpha value is -11.7. The summed E-state index contributed by atoms with van der Waals surface area (Å²) in [6.45, 7) is 10.4. The normalized spacial score (nSPS) is 12.8. The molecule has 8 heteroatoms. The predicted octanol–water partition coefficient (Wildman–Crippen LogP) is 25.5. The zero-order chi connectivity index (χ0) is 68.1. The number of aromatic nitrogens is 6. The van der Waals surface area contributed by atoms with Gasteiger partial charge in [0.2, 0.25) is 0 Å². The van der Waals surface area contributed by atoms with E-state index in [9.17, 15) is 0 Å². The number of ether oxygens (including phenoxy) is 2. The molecule has 8 nitrogen and oxygen atoms in total. The minimum absolute atomic E-state index is 0.355. The van der Waals surface area contributed by atoms with Gasteiger partial charge in [0.15, 0.2) is 0 Å². The van der Waals surface area contributed by atoms with Gasteiger partial charge in [0, 0.05) is 99.5 Å². The molecular formula is C94H80N6O2. The monoisotopic (exact) mass is 1320 g/mol. The van der Waals surface area contributed by atoms with Crippen LogP contribution in [0, 0.1) is 11.8 Å². The third kappa shape index (κ3) is 9.77. The summed E-state index contributed by atoms with van der Waals surface area (Å²) in [7, 11) is 0. The summed E-state index contributed by atoms with van der Waals surface area (Å²) in [5, 5.41) is 14.5. The lowest BCUT2D eigenvalue weighted by Gasteiger charge is -2.24. The number of hydrogen-bond donors (Lipinski definition) is 0. The lowest BCUT2D eigenvalue weighted by Crippen LogP contribution is -2.15. The molecule has 0 fully saturated rings. The first-order valence-electron chi connectivity index (χ1n) is 37.0. The maximum atomic E-state index is 7.68. The number of fused-ring (bicyclic) bond motifs is 18. The molecule has 0 spiro atoms. The molecule has 0 aliphatic rings. The average Bonchev–Trinajstić information content (AvgIpc) is 1.55. The number of unbranched alkanes of at least 4 members (excludes halogenated alkanes) is 2. The smallest absolute Gasteiger partial charge is 0.145 e. The summed E-state index contributed by atoms with van der Waals surface area (Å²) >= 11 is 0. The zero-order valence-electron chi connectivity index (χ0n) is 58.3. The van der Waals surface area contributed by atoms with Gasteiger partial charge in [-0.05, 0) is 146 Å². The number of rotatable bonds is 20. The van der Waals surface area contributed by atoms with E-state index in [0.717, 1.165) is 141 Å². The Bertz CT molecular complexity index is 5550. The van der Waals surface area contributed by atoms with Gasteiger partial charge in [0.05, 0.1) is 90.8 Å². The topological polar surface area (TPSA) is 48.0 Å². The Morgan fingerprint density at radius 1 is 0.235 bits per heavy atom. The molecule has 19 rings (SSSR count). The number of para-hydroxylation sites is 8. The molecule has 2 atom stereocenters. The van der Waals surface area contributed by atoms with E-state index >= 15 is 0 Å². The summed E-state index contributed by atoms with van der Waals surface area (Å²) in [5.74, 6) is 2.32. The van der Waals surface area contributed by atoms with E-state index in [1.165, 1.54) is 87.2 Å². The fourth-order valence-electron chi connectivity index (χ4n) is 17.2. The molecule has 0 aliphatic heterocycles. The van der Waals surface area contributed by atoms with E-state index in [1.807, 2.05) is 0 Å². The quantitative estimate of drug-likeness (QED) is 0.0763. The first-order chi connectivity index (χ1) is 50.5. The molecule has 0 saturated heterocycles. The van der Waals surface area contributed by atoms with Gasteiger partial charge in [-0.15, -0.1) is 0 Å². The van der Waals surface area contributed by atoms with Crippen molar-refractivity contribution < 1.29 is 9.47 Å². The second kappa shape index (κ2) is 25.2. The standard InChI is InChI=1S/C94H80N6O2/c1-5-9-27-61(7-3)59-101-93-57-92(100-89-51-47-65(97-83-41-23-15-33-71(83)72-34-16-24-42-84(72)97)55-77(89)78-56-66(48-52-90(78)100)98-85-43-25-17-35-73(85)74-36-18-26-44-86(74)98)94(102-60-62(8-4)28-10-6-2)58-91(93)99-87-49-45-63(95-79-37-19-11-29-67(79)68-30-12-20-38-80(68)95)53-75(87)76-54-64(46-50-88(76)99)96-81-39-21-13-31-69(81)70-32-14-22-40-82(70)96/h11-26,29-58,61-62H,5-10,27-28,59-60H2,1-4H3. The van der Waals surface area contributed by atoms with Crippen molar-refractivity contribution in [3.05, 3.63) is 279 Å². The SMILES string of the molecule is CCCCC(CC)COc1cc(-n2c3ccc(-n4c5ccccc5c5ccccc54)cc3c3cc(-n4c5ccccc5c5ccccc54)ccc32)c(OCC(CC)CCCC)cc1-n1c2ccc(-n3c4ccccc4c4ccccc43)cc2c2cc(-n3c4ccccc4c4ccccc43)ccc21. The van der Waals surface area contributed by atoms with Crippen LogP contribution in [-0.4, -0.2) is 40.6 Å². The van der Waals surface area contributed by atoms with E-state index in [1.54, 1.807) is 0 Å². The van der Waals surface area contributed by atoms with E-state index in [4.69, 9.17) is 9.47 Å². The van der Waals surface area contributed by atoms with Gasteiger partial charge in [-0.3, -0.25) is 0 Å². The Balaban J connectivity index is 0.896. The highest BCUT2D eigenvalue weighted by Gasteiger charge is 2.27. The summed E-state index contributed by atoms with van der Waals surface area (Å²) in [6.07, 6.45) is 8.77. The summed E-state index contributed by atoms with van der Waals surface area (Å²) in [6, 6.07) is 104. The van der Waals surface area contributed by atoms with Crippen molar-refractivity contribution in [1.29, 1.82) is 0 Å². The maximum absolute atomic E-state index is 7.68. The first-order valence-corrected chi connectivity index (χ1v) is 37.0. The molecule has 498 valence electrons. The van der Waals surface area contributed by atoms with E-state index in [2.05, 4.69) is 334 Å². The Morgan fingerprint density at radius 3 is 0.667 bits per heavy atom. The van der Waals surface area contributed by atoms with E-state index in [-0.39, 0.29) is 0 Å². The van der Waals surface area contributed by atoms with Crippen molar-refractivity contribution in [2.45, 2.75) is 79.1 Å². The Kier molecular flexibility index (Phi) is 15.1. The van der Waals surface area contributed by atoms with Gasteiger partial charge in [-0.1, -0.05) is 212 Å². The van der Waals surface area contributed by atoms with Crippen LogP contribution in [0.3, 0.4) is 0 Å². The summed E-state index contributed by atoms with van der Waals surface area (Å²) in [5.41, 5.74) is 20.0. The molecule has 19 aromatic rings. The van der Waals surface area contributed by atoms with Crippen molar-refractivity contribution in [2.24, 2.45) is 11.8 Å². The molecule has 0 radical (unpaired) electrons. The van der Waals surface area contributed by atoms with Crippen LogP contribution >= 0.6 is 0 Å². The molecule has 102 heavy (non-hydrogen) atoms. The molecular weight excluding hydrogens is 1250 g/mol. The van der Waals surface area contributed by atoms with Crippen LogP contribution in [0.1, 0.15) is 79.1 Å². The fraction of sp³-hybridized carbons (Fsp3) is 0.170. The third-order valence-corrected chi connectivity index (χ3v) is 22.4. The van der Waals surface area contributed by atoms with Gasteiger partial charge in [0.1, 0.15) is 11.5 Å². The molecule has 0 bridgehead atoms. The van der Waals surface area contributed by atoms with Crippen molar-refractivity contribution in [1.82, 2.24) is 27.4 Å². The second-order valence-corrected chi connectivity index (χ2v) is 28.2. The van der Waals surface area contributed by atoms with Gasteiger partial charge in [0.25, 0.3) is 0 Å². The molecule has 13 aromatic carbocycles. The van der Waals surface area contributed by atoms with Gasteiger partial charge in [-0.25, -0.2) is 0 Å². The predicted molar refractivity (Wildman–Crippen MR) is 430 cm³/mol. The minimum atomic E-state index is 0.355. The summed E-state index contributed by atoms with van der Waals surface area (Å²) < 4.78 is 30.1. The van der Waals surface area contributed by atoms with Crippen molar-refractivity contribution in [3.63, 3.8) is 0 Å². The molecule has 2 unspecified atom stereocenters. The molecule has 6 aromatic heterocycles. The lowest BCUT2D eigenvalue weighted by atomic mass is 10.0. The van der Waals surface area contributed by atoms with Crippen molar-refractivity contribution >= 4 is 131 Å². The molecule has 6 heterocycles. The number of hydrogen-bond acceptors (Lipinski definition) is 2. The van der Waals surface area contributed by atoms with Crippen LogP contribution in [0.2, 0.25) is 0 Å². The average molecular weight is 1330 g/mol. The van der Waals surface area contributed by atoms with Gasteiger partial charge < -0.3 is 36.9 Å². The fourth-order valence-corrected chi connectivity index (χ4v) is 17.2. The first kappa shape index (κ1) is 61.4. The zero-order valence-corrected chi connectivity index (χ0v) is 58.3. The minimum Gasteiger partial charge on any atom is -0.491 e. The largest absolute Gasteiger partial charge is 0.491 e. The second-order valence-electron chi connectivity index (χ2n) is 28.2. The molecule has 0 amide bonds. The number of benzene rings is 13. The van der Waals surface area contributed by atoms with Crippen LogP contribution in [0.5, 0.6) is 11.5 Å². The van der Waals surface area contributed by atoms with Gasteiger partial charge in [-0.2, -0.15) is 0 Å². The highest BCUT2D eigenvalue weighted by Crippen LogP contribution is 2.47. The maximum Gasteiger partial charge on any atom is 0.145 e. The van der Waals surface area contributed by atoms with Gasteiger partial charge >= 0.3 is 0 Å². The summed E-state index contributed by atoms with van der Waals surface area (Å²) in [4.78, 5) is 0. The molecule has 0 aliphatic carbocycles.